The van der Waals surface area contributed by atoms with Gasteiger partial charge < -0.3 is 15.4 Å². The molecule has 1 amide bonds. The lowest BCUT2D eigenvalue weighted by Crippen LogP contribution is -2.34. The van der Waals surface area contributed by atoms with E-state index in [0.29, 0.717) is 18.4 Å². The summed E-state index contributed by atoms with van der Waals surface area (Å²) >= 11 is 0. The highest BCUT2D eigenvalue weighted by Gasteiger charge is 2.31. The Morgan fingerprint density at radius 2 is 2.10 bits per heavy atom. The number of nitrogens with one attached hydrogen (secondary N) is 2. The second-order valence-electron chi connectivity index (χ2n) is 5.76. The van der Waals surface area contributed by atoms with E-state index >= 15 is 0 Å². The van der Waals surface area contributed by atoms with Crippen LogP contribution in [0.4, 0.5) is 5.69 Å². The molecule has 0 radical (unpaired) electrons. The summed E-state index contributed by atoms with van der Waals surface area (Å²) in [5.41, 5.74) is 2.03. The summed E-state index contributed by atoms with van der Waals surface area (Å²) in [4.78, 5) is 12.2. The molecule has 0 aromatic heterocycles. The summed E-state index contributed by atoms with van der Waals surface area (Å²) in [7, 11) is 1.92. The van der Waals surface area contributed by atoms with Crippen molar-refractivity contribution in [3.63, 3.8) is 0 Å². The van der Waals surface area contributed by atoms with Gasteiger partial charge in [-0.25, -0.2) is 0 Å². The molecule has 4 heteroatoms. The van der Waals surface area contributed by atoms with Crippen LogP contribution in [0.2, 0.25) is 0 Å². The maximum absolute atomic E-state index is 12.2. The van der Waals surface area contributed by atoms with E-state index in [9.17, 15) is 4.79 Å². The lowest BCUT2D eigenvalue weighted by molar-refractivity contribution is -0.119. The molecule has 1 fully saturated rings. The lowest BCUT2D eigenvalue weighted by atomic mass is 9.80. The van der Waals surface area contributed by atoms with Gasteiger partial charge in [0.25, 0.3) is 0 Å². The molecular weight excluding hydrogens is 264 g/mol. The molecule has 0 spiro atoms. The Bertz CT molecular complexity index is 470. The van der Waals surface area contributed by atoms with Crippen molar-refractivity contribution in [1.29, 1.82) is 0 Å². The van der Waals surface area contributed by atoms with Crippen LogP contribution < -0.4 is 10.6 Å². The summed E-state index contributed by atoms with van der Waals surface area (Å²) in [5.74, 6) is 0.570. The number of carbonyl (C=O) groups is 1. The number of carbonyl (C=O) groups excluding carboxylic acids is 1. The van der Waals surface area contributed by atoms with E-state index in [1.54, 1.807) is 0 Å². The van der Waals surface area contributed by atoms with Gasteiger partial charge in [-0.2, -0.15) is 0 Å². The summed E-state index contributed by atoms with van der Waals surface area (Å²) in [5, 5.41) is 6.26. The van der Waals surface area contributed by atoms with E-state index in [1.807, 2.05) is 38.2 Å². The predicted molar refractivity (Wildman–Crippen MR) is 85.3 cm³/mol. The lowest BCUT2D eigenvalue weighted by Gasteiger charge is -2.34. The van der Waals surface area contributed by atoms with Gasteiger partial charge in [-0.05, 0) is 51.3 Å². The maximum Gasteiger partial charge on any atom is 0.224 e. The third-order valence-electron chi connectivity index (χ3n) is 4.20. The summed E-state index contributed by atoms with van der Waals surface area (Å²) in [6.07, 6.45) is 2.97. The third kappa shape index (κ3) is 4.29. The highest BCUT2D eigenvalue weighted by atomic mass is 16.5. The van der Waals surface area contributed by atoms with Gasteiger partial charge in [0.1, 0.15) is 0 Å². The van der Waals surface area contributed by atoms with E-state index in [2.05, 4.69) is 17.6 Å². The SMILES string of the molecule is CCOC1CC(CC(=O)Nc2ccccc2C(C)NC)C1. The first-order valence-electron chi connectivity index (χ1n) is 7.81. The first kappa shape index (κ1) is 16.0. The smallest absolute Gasteiger partial charge is 0.224 e. The minimum absolute atomic E-state index is 0.103. The van der Waals surface area contributed by atoms with E-state index in [4.69, 9.17) is 4.74 Å². The van der Waals surface area contributed by atoms with Gasteiger partial charge in [0.15, 0.2) is 0 Å². The van der Waals surface area contributed by atoms with Crippen LogP contribution in [0.5, 0.6) is 0 Å². The van der Waals surface area contributed by atoms with Gasteiger partial charge in [0.2, 0.25) is 5.91 Å². The normalized spacial score (nSPS) is 22.4. The van der Waals surface area contributed by atoms with E-state index in [0.717, 1.165) is 30.7 Å². The Balaban J connectivity index is 1.86. The minimum Gasteiger partial charge on any atom is -0.378 e. The number of anilines is 1. The molecule has 1 aliphatic carbocycles. The van der Waals surface area contributed by atoms with Crippen molar-refractivity contribution in [2.45, 2.75) is 45.3 Å². The molecule has 1 aromatic rings. The molecule has 1 atom stereocenters. The van der Waals surface area contributed by atoms with E-state index in [1.165, 1.54) is 0 Å². The summed E-state index contributed by atoms with van der Waals surface area (Å²) < 4.78 is 5.53. The molecule has 21 heavy (non-hydrogen) atoms. The number of amides is 1. The molecule has 0 aliphatic heterocycles. The van der Waals surface area contributed by atoms with Crippen molar-refractivity contribution >= 4 is 11.6 Å². The highest BCUT2D eigenvalue weighted by molar-refractivity contribution is 5.91. The van der Waals surface area contributed by atoms with Crippen LogP contribution >= 0.6 is 0 Å². The molecule has 0 heterocycles. The molecule has 1 saturated carbocycles. The minimum atomic E-state index is 0.103. The van der Waals surface area contributed by atoms with E-state index in [-0.39, 0.29) is 11.9 Å². The van der Waals surface area contributed by atoms with Gasteiger partial charge in [0.05, 0.1) is 6.10 Å². The van der Waals surface area contributed by atoms with Gasteiger partial charge >= 0.3 is 0 Å². The van der Waals surface area contributed by atoms with Crippen LogP contribution in [0.25, 0.3) is 0 Å². The fourth-order valence-electron chi connectivity index (χ4n) is 2.82. The molecule has 2 N–H and O–H groups in total. The Morgan fingerprint density at radius 1 is 1.38 bits per heavy atom. The molecule has 1 aromatic carbocycles. The van der Waals surface area contributed by atoms with Crippen molar-refractivity contribution in [2.24, 2.45) is 5.92 Å². The third-order valence-corrected chi connectivity index (χ3v) is 4.20. The van der Waals surface area contributed by atoms with Crippen molar-refractivity contribution in [3.8, 4) is 0 Å². The number of rotatable bonds is 7. The van der Waals surface area contributed by atoms with Crippen LogP contribution in [0.1, 0.15) is 44.7 Å². The molecule has 1 aliphatic rings. The van der Waals surface area contributed by atoms with Crippen molar-refractivity contribution < 1.29 is 9.53 Å². The Labute approximate surface area is 127 Å². The molecule has 2 rings (SSSR count). The fourth-order valence-corrected chi connectivity index (χ4v) is 2.82. The van der Waals surface area contributed by atoms with E-state index < -0.39 is 0 Å². The second-order valence-corrected chi connectivity index (χ2v) is 5.76. The number of hydrogen-bond donors (Lipinski definition) is 2. The van der Waals surface area contributed by atoms with Gasteiger partial charge in [-0.3, -0.25) is 4.79 Å². The monoisotopic (exact) mass is 290 g/mol. The number of hydrogen-bond acceptors (Lipinski definition) is 3. The van der Waals surface area contributed by atoms with Crippen molar-refractivity contribution in [3.05, 3.63) is 29.8 Å². The Hall–Kier alpha value is -1.39. The maximum atomic E-state index is 12.2. The van der Waals surface area contributed by atoms with Crippen LogP contribution in [0.3, 0.4) is 0 Å². The number of benzene rings is 1. The number of ether oxygens (including phenoxy) is 1. The first-order valence-corrected chi connectivity index (χ1v) is 7.81. The van der Waals surface area contributed by atoms with Gasteiger partial charge in [0, 0.05) is 24.8 Å². The van der Waals surface area contributed by atoms with Crippen LogP contribution in [0.15, 0.2) is 24.3 Å². The zero-order valence-corrected chi connectivity index (χ0v) is 13.2. The van der Waals surface area contributed by atoms with Crippen LogP contribution in [0, 0.1) is 5.92 Å². The molecule has 4 nitrogen and oxygen atoms in total. The number of para-hydroxylation sites is 1. The second kappa shape index (κ2) is 7.57. The van der Waals surface area contributed by atoms with Crippen LogP contribution in [-0.4, -0.2) is 25.7 Å². The summed E-state index contributed by atoms with van der Waals surface area (Å²) in [6.45, 7) is 4.86. The quantitative estimate of drug-likeness (QED) is 0.811. The molecular formula is C17H26N2O2. The molecule has 116 valence electrons. The predicted octanol–water partition coefficient (Wildman–Crippen LogP) is 3.11. The zero-order chi connectivity index (χ0) is 15.2. The molecule has 0 saturated heterocycles. The average Bonchev–Trinajstić information content (AvgIpc) is 2.45. The van der Waals surface area contributed by atoms with Crippen molar-refractivity contribution in [1.82, 2.24) is 5.32 Å². The van der Waals surface area contributed by atoms with Gasteiger partial charge in [-0.1, -0.05) is 18.2 Å². The fraction of sp³-hybridized carbons (Fsp3) is 0.588. The Morgan fingerprint density at radius 3 is 2.76 bits per heavy atom. The average molecular weight is 290 g/mol. The zero-order valence-electron chi connectivity index (χ0n) is 13.2. The highest BCUT2D eigenvalue weighted by Crippen LogP contribution is 2.33. The van der Waals surface area contributed by atoms with Gasteiger partial charge in [-0.15, -0.1) is 0 Å². The Kier molecular flexibility index (Phi) is 5.76. The topological polar surface area (TPSA) is 50.4 Å². The van der Waals surface area contributed by atoms with Crippen LogP contribution in [-0.2, 0) is 9.53 Å². The molecule has 0 bridgehead atoms. The largest absolute Gasteiger partial charge is 0.378 e. The summed E-state index contributed by atoms with van der Waals surface area (Å²) in [6, 6.07) is 8.18. The first-order chi connectivity index (χ1) is 10.1. The molecule has 1 unspecified atom stereocenters. The standard InChI is InChI=1S/C17H26N2O2/c1-4-21-14-9-13(10-14)11-17(20)19-16-8-6-5-7-15(16)12(2)18-3/h5-8,12-14,18H,4,9-11H2,1-3H3,(H,19,20). The van der Waals surface area contributed by atoms with Crippen molar-refractivity contribution in [2.75, 3.05) is 19.0 Å².